The number of unbranched alkanes of at least 4 members (excludes halogenated alkanes) is 16. The standard InChI is InChI=1S/C58H90N2O2S2.H6P4/c1-9-13-17-21-23-27-31-45(29-25-19-15-11-3)41-59-55(51-39-37-49(63-51)44(7)8)53-54(58(59)62)56(52-40-38-50(64-52)48-35-33-47(34-36-48)43(5)6)60(57(53)61)42-46(30-26-20-16-12-4)32-28-24-22-18-14-10-2;1-3-4-2/h33-40,43-46,54,56H,9-32,41-42H2,1-8H3;3-4H,1-2H2/i;1T,3D,4T. The number of fused-ring (bicyclic) bond motifs is 1. The SMILES string of the molecule is CCCCCCCCC(CCCCCC)CN1C(=O)C2C(=C1c1ccc(C(C)C)s1)C(=O)N(CC(CCCCCC)CCCCCCCC)C2c1ccc(-c2ccc(C(C)C)cc2)s1.[2H]P(P[3H])P([3H])P. The van der Waals surface area contributed by atoms with E-state index < -0.39 is 21.7 Å². The van der Waals surface area contributed by atoms with Crippen molar-refractivity contribution in [1.29, 1.82) is 3.84 Å². The average molecular weight is 1050 g/mol. The average Bonchev–Trinajstić information content (AvgIpc) is 4.16. The van der Waals surface area contributed by atoms with Crippen LogP contribution in [0.15, 0.2) is 54.1 Å². The van der Waals surface area contributed by atoms with Crippen LogP contribution in [-0.4, -0.2) is 38.5 Å². The fraction of sp³-hybridized carbons (Fsp3) is 0.690. The monoisotopic (exact) mass is 1050 g/mol. The van der Waals surface area contributed by atoms with Crippen molar-refractivity contribution in [2.45, 2.75) is 227 Å². The van der Waals surface area contributed by atoms with Crippen molar-refractivity contribution in [3.8, 4) is 10.4 Å². The van der Waals surface area contributed by atoms with Crippen LogP contribution in [0.25, 0.3) is 16.1 Å². The van der Waals surface area contributed by atoms with Crippen LogP contribution in [-0.2, 0) is 9.59 Å². The molecule has 0 bridgehead atoms. The van der Waals surface area contributed by atoms with Gasteiger partial charge in [0, 0.05) is 27.7 Å². The van der Waals surface area contributed by atoms with Crippen molar-refractivity contribution >= 4 is 73.8 Å². The lowest BCUT2D eigenvalue weighted by atomic mass is 9.92. The molecule has 0 aliphatic carbocycles. The van der Waals surface area contributed by atoms with Gasteiger partial charge in [-0.25, -0.2) is 0 Å². The molecule has 10 heteroatoms. The van der Waals surface area contributed by atoms with Gasteiger partial charge < -0.3 is 9.80 Å². The lowest BCUT2D eigenvalue weighted by Crippen LogP contribution is -2.39. The Morgan fingerprint density at radius 3 is 1.62 bits per heavy atom. The number of thiophene rings is 2. The van der Waals surface area contributed by atoms with Gasteiger partial charge in [-0.3, -0.25) is 9.59 Å². The molecule has 2 aliphatic heterocycles. The van der Waals surface area contributed by atoms with Crippen LogP contribution in [0.4, 0.5) is 0 Å². The summed E-state index contributed by atoms with van der Waals surface area (Å²) in [6.07, 6.45) is 30.0. The van der Waals surface area contributed by atoms with E-state index in [0.29, 0.717) is 23.7 Å². The highest BCUT2D eigenvalue weighted by Crippen LogP contribution is 2.54. The smallest absolute Gasteiger partial charge is 0.253 e. The first kappa shape index (κ1) is 54.8. The van der Waals surface area contributed by atoms with Crippen LogP contribution in [0.5, 0.6) is 0 Å². The predicted molar refractivity (Wildman–Crippen MR) is 315 cm³/mol. The molecule has 1 saturated heterocycles. The van der Waals surface area contributed by atoms with E-state index in [1.165, 1.54) is 149 Å². The van der Waals surface area contributed by atoms with Crippen molar-refractivity contribution in [3.05, 3.63) is 74.3 Å². The van der Waals surface area contributed by atoms with Crippen molar-refractivity contribution in [2.75, 3.05) is 13.1 Å². The van der Waals surface area contributed by atoms with E-state index in [9.17, 15) is 0 Å². The highest BCUT2D eigenvalue weighted by atomic mass is 32.6. The fourth-order valence-electron chi connectivity index (χ4n) is 10.5. The van der Waals surface area contributed by atoms with Crippen LogP contribution in [0.1, 0.15) is 248 Å². The summed E-state index contributed by atoms with van der Waals surface area (Å²) in [5.74, 6) is 1.55. The number of nitrogens with zero attached hydrogens (tertiary/aromatic N) is 2. The molecular formula is C58H96N2O2P4S2. The minimum Gasteiger partial charge on any atom is -0.330 e. The van der Waals surface area contributed by atoms with Crippen LogP contribution >= 0.6 is 56.3 Å². The van der Waals surface area contributed by atoms with Gasteiger partial charge in [0.15, 0.2) is 0 Å². The summed E-state index contributed by atoms with van der Waals surface area (Å²) in [5.41, 5.74) is 4.29. The quantitative estimate of drug-likeness (QED) is 0.0435. The third-order valence-corrected chi connectivity index (χ3v) is 21.8. The molecule has 8 atom stereocenters. The first-order valence-electron chi connectivity index (χ1n) is 28.9. The third-order valence-electron chi connectivity index (χ3n) is 14.5. The normalized spacial score (nSPS) is 18.7. The van der Waals surface area contributed by atoms with Gasteiger partial charge in [-0.2, -0.15) is 0 Å². The maximum atomic E-state index is 15.7. The van der Waals surface area contributed by atoms with E-state index >= 15 is 9.59 Å². The highest BCUT2D eigenvalue weighted by molar-refractivity contribution is 8.54. The Morgan fingerprint density at radius 2 is 1.15 bits per heavy atom. The van der Waals surface area contributed by atoms with Gasteiger partial charge in [0.1, 0.15) is 0 Å². The van der Waals surface area contributed by atoms with Gasteiger partial charge in [0.05, 0.1) is 31.9 Å². The molecule has 0 saturated carbocycles. The number of hydrogen-bond donors (Lipinski definition) is 0. The Bertz CT molecular complexity index is 1990. The number of carbonyl (C=O) groups is 2. The molecule has 8 unspecified atom stereocenters. The van der Waals surface area contributed by atoms with Gasteiger partial charge in [0.2, 0.25) is 5.91 Å². The van der Waals surface area contributed by atoms with Gasteiger partial charge in [-0.05, 0) is 84.7 Å². The molecule has 382 valence electrons. The maximum absolute atomic E-state index is 15.7. The summed E-state index contributed by atoms with van der Waals surface area (Å²) in [6.45, 7) is 19.6. The van der Waals surface area contributed by atoms with E-state index in [-0.39, 0.29) is 26.7 Å². The second-order valence-electron chi connectivity index (χ2n) is 20.7. The van der Waals surface area contributed by atoms with Gasteiger partial charge in [-0.1, -0.05) is 224 Å². The molecule has 1 aromatic carbocycles. The molecular weight excluding hydrogens is 945 g/mol. The molecule has 0 N–H and O–H groups in total. The Hall–Kier alpha value is -0.980. The molecule has 5 rings (SSSR count). The van der Waals surface area contributed by atoms with Crippen molar-refractivity contribution < 1.29 is 9.59 Å². The molecule has 0 spiro atoms. The number of carbonyl (C=O) groups excluding carboxylic acids is 2. The van der Waals surface area contributed by atoms with E-state index in [1.54, 1.807) is 11.3 Å². The van der Waals surface area contributed by atoms with Crippen LogP contribution in [0, 0.1) is 17.8 Å². The zero-order chi connectivity index (χ0) is 51.7. The lowest BCUT2D eigenvalue weighted by Gasteiger charge is -2.33. The number of hydrogen-bond acceptors (Lipinski definition) is 4. The number of benzene rings is 1. The molecule has 3 aromatic rings. The zero-order valence-corrected chi connectivity index (χ0v) is 49.5. The molecule has 2 amide bonds. The van der Waals surface area contributed by atoms with E-state index in [2.05, 4.69) is 123 Å². The van der Waals surface area contributed by atoms with E-state index in [4.69, 9.17) is 3.84 Å². The predicted octanol–water partition coefficient (Wildman–Crippen LogP) is 20.0. The molecule has 1 fully saturated rings. The molecule has 2 aliphatic rings. The Kier molecular flexibility index (Phi) is 27.1. The Labute approximate surface area is 437 Å². The first-order chi connectivity index (χ1) is 34.3. The summed E-state index contributed by atoms with van der Waals surface area (Å²) in [6, 6.07) is 17.8. The lowest BCUT2D eigenvalue weighted by molar-refractivity contribution is -0.131. The summed E-state index contributed by atoms with van der Waals surface area (Å²) in [4.78, 5) is 40.5. The van der Waals surface area contributed by atoms with Gasteiger partial charge in [-0.15, -0.1) is 40.5 Å². The van der Waals surface area contributed by atoms with Gasteiger partial charge in [0.25, 0.3) is 5.91 Å². The fourth-order valence-corrected chi connectivity index (χ4v) is 12.7. The van der Waals surface area contributed by atoms with Crippen LogP contribution in [0.3, 0.4) is 0 Å². The number of likely N-dealkylation sites (tertiary alicyclic amines) is 1. The second kappa shape index (κ2) is 33.7. The third kappa shape index (κ3) is 18.5. The molecule has 4 nitrogen and oxygen atoms in total. The van der Waals surface area contributed by atoms with Crippen molar-refractivity contribution in [3.63, 3.8) is 0 Å². The second-order valence-corrected chi connectivity index (χ2v) is 28.5. The van der Waals surface area contributed by atoms with Gasteiger partial charge >= 0.3 is 0 Å². The molecule has 0 radical (unpaired) electrons. The highest BCUT2D eigenvalue weighted by Gasteiger charge is 2.57. The molecule has 2 aromatic heterocycles. The number of rotatable bonds is 35. The number of amides is 2. The van der Waals surface area contributed by atoms with Crippen LogP contribution in [0.2, 0.25) is 0 Å². The van der Waals surface area contributed by atoms with E-state index in [0.717, 1.165) is 59.8 Å². The van der Waals surface area contributed by atoms with E-state index in [1.807, 2.05) is 11.3 Å². The summed E-state index contributed by atoms with van der Waals surface area (Å²) >= 11 is 3.61. The van der Waals surface area contributed by atoms with Crippen molar-refractivity contribution in [2.24, 2.45) is 17.8 Å². The summed E-state index contributed by atoms with van der Waals surface area (Å²) < 4.78 is 20.6. The molecule has 68 heavy (non-hydrogen) atoms. The first-order valence-corrected chi connectivity index (χ1v) is 34.6. The topological polar surface area (TPSA) is 40.6 Å². The van der Waals surface area contributed by atoms with Crippen molar-refractivity contribution in [1.82, 2.24) is 9.80 Å². The summed E-state index contributed by atoms with van der Waals surface area (Å²) in [7, 11) is 0.254. The largest absolute Gasteiger partial charge is 0.330 e. The minimum atomic E-state index is -0.998. The molecule has 4 heterocycles. The summed E-state index contributed by atoms with van der Waals surface area (Å²) in [5, 5.41) is 0. The Balaban J connectivity index is 0.00000145. The maximum Gasteiger partial charge on any atom is 0.253 e. The zero-order valence-electron chi connectivity index (χ0n) is 47.0. The Morgan fingerprint density at radius 1 is 0.647 bits per heavy atom. The minimum absolute atomic E-state index is 0.0862. The van der Waals surface area contributed by atoms with Crippen LogP contribution < -0.4 is 0 Å².